The zero-order valence-corrected chi connectivity index (χ0v) is 21.9. The fourth-order valence-corrected chi connectivity index (χ4v) is 5.34. The van der Waals surface area contributed by atoms with Gasteiger partial charge in [-0.2, -0.15) is 26.7 Å². The topological polar surface area (TPSA) is 142 Å². The predicted octanol–water partition coefficient (Wildman–Crippen LogP) is 4.02. The summed E-state index contributed by atoms with van der Waals surface area (Å²) in [7, 11) is -4.01. The first kappa shape index (κ1) is 28.3. The number of anilines is 1. The number of carbonyl (C=O) groups excluding carboxylic acids is 1. The fourth-order valence-electron chi connectivity index (χ4n) is 4.10. The van der Waals surface area contributed by atoms with E-state index < -0.39 is 21.6 Å². The molecular weight excluding hydrogens is 569 g/mol. The molecule has 0 spiro atoms. The van der Waals surface area contributed by atoms with Gasteiger partial charge in [-0.25, -0.2) is 15.1 Å². The minimum atomic E-state index is -4.48. The molecule has 0 saturated heterocycles. The molecule has 1 aliphatic rings. The molecule has 2 atom stereocenters. The Hall–Kier alpha value is -2.72. The molecule has 16 heteroatoms. The summed E-state index contributed by atoms with van der Waals surface area (Å²) in [6.07, 6.45) is 6.22. The maximum atomic E-state index is 13.2. The van der Waals surface area contributed by atoms with Crippen molar-refractivity contribution in [3.63, 3.8) is 0 Å². The van der Waals surface area contributed by atoms with Crippen molar-refractivity contribution in [2.45, 2.75) is 42.3 Å². The number of nitrogens with zero attached hydrogens (tertiary/aromatic N) is 4. The van der Waals surface area contributed by atoms with E-state index in [1.807, 2.05) is 0 Å². The number of benzene rings is 1. The second kappa shape index (κ2) is 11.6. The van der Waals surface area contributed by atoms with Crippen LogP contribution in [0.2, 0.25) is 5.02 Å². The highest BCUT2D eigenvalue weighted by Gasteiger charge is 2.31. The highest BCUT2D eigenvalue weighted by Crippen LogP contribution is 2.40. The van der Waals surface area contributed by atoms with E-state index in [1.54, 1.807) is 12.3 Å². The van der Waals surface area contributed by atoms with Gasteiger partial charge in [0.1, 0.15) is 17.8 Å². The van der Waals surface area contributed by atoms with Crippen LogP contribution >= 0.6 is 23.4 Å². The summed E-state index contributed by atoms with van der Waals surface area (Å²) < 4.78 is 66.5. The minimum Gasteiger partial charge on any atom is -0.367 e. The fraction of sp³-hybridized carbons (Fsp3) is 0.364. The molecule has 0 bridgehead atoms. The Morgan fingerprint density at radius 3 is 2.82 bits per heavy atom. The van der Waals surface area contributed by atoms with E-state index in [0.29, 0.717) is 30.6 Å². The second-order valence-electron chi connectivity index (χ2n) is 8.62. The second-order valence-corrected chi connectivity index (χ2v) is 11.4. The first-order valence-corrected chi connectivity index (χ1v) is 13.9. The molecule has 38 heavy (non-hydrogen) atoms. The molecule has 0 radical (unpaired) electrons. The van der Waals surface area contributed by atoms with Crippen LogP contribution in [0.15, 0.2) is 47.9 Å². The van der Waals surface area contributed by atoms with Crippen LogP contribution in [-0.4, -0.2) is 52.1 Å². The van der Waals surface area contributed by atoms with E-state index in [-0.39, 0.29) is 58.0 Å². The van der Waals surface area contributed by atoms with Crippen molar-refractivity contribution < 1.29 is 30.6 Å². The van der Waals surface area contributed by atoms with Gasteiger partial charge in [0.25, 0.3) is 0 Å². The van der Waals surface area contributed by atoms with Gasteiger partial charge in [0, 0.05) is 23.3 Å². The molecule has 204 valence electrons. The number of ketones is 1. The van der Waals surface area contributed by atoms with Crippen LogP contribution < -0.4 is 10.5 Å². The Morgan fingerprint density at radius 1 is 1.29 bits per heavy atom. The van der Waals surface area contributed by atoms with Crippen molar-refractivity contribution >= 4 is 45.3 Å². The standard InChI is InChI=1S/C22H22ClF3N6O4S2/c23-17-4-2-13(8-19(17)37-22(24,25)26)10-32-6-5-18(31-32)20(33)16-9-28-12-29-21(16)30-15-3-1-14(7-15)11-36-38(27,34)35/h2,4-6,8-9,12,14-15H,1,3,7,10-11H2,(H2,27,34,35)(H,28,29,30). The molecule has 4 rings (SSSR count). The van der Waals surface area contributed by atoms with Crippen molar-refractivity contribution in [3.05, 3.63) is 64.8 Å². The third-order valence-corrected chi connectivity index (χ3v) is 7.44. The van der Waals surface area contributed by atoms with Crippen LogP contribution in [0.5, 0.6) is 0 Å². The maximum Gasteiger partial charge on any atom is 0.446 e. The molecule has 1 fully saturated rings. The summed E-state index contributed by atoms with van der Waals surface area (Å²) >= 11 is 5.60. The normalized spacial score (nSPS) is 18.0. The average molecular weight is 591 g/mol. The number of hydrogen-bond donors (Lipinski definition) is 2. The van der Waals surface area contributed by atoms with Gasteiger partial charge >= 0.3 is 15.8 Å². The molecule has 2 aromatic heterocycles. The zero-order chi connectivity index (χ0) is 27.5. The molecule has 10 nitrogen and oxygen atoms in total. The van der Waals surface area contributed by atoms with Gasteiger partial charge in [0.15, 0.2) is 0 Å². The van der Waals surface area contributed by atoms with Gasteiger partial charge in [0.05, 0.1) is 23.7 Å². The number of nitrogens with two attached hydrogens (primary N) is 1. The molecule has 3 aromatic rings. The lowest BCUT2D eigenvalue weighted by Crippen LogP contribution is -2.22. The predicted molar refractivity (Wildman–Crippen MR) is 134 cm³/mol. The Bertz CT molecular complexity index is 1420. The Labute approximate surface area is 225 Å². The largest absolute Gasteiger partial charge is 0.446 e. The molecular formula is C22H22ClF3N6O4S2. The van der Waals surface area contributed by atoms with Crippen LogP contribution in [0.4, 0.5) is 19.0 Å². The van der Waals surface area contributed by atoms with Crippen LogP contribution in [0, 0.1) is 5.92 Å². The van der Waals surface area contributed by atoms with E-state index in [4.69, 9.17) is 16.7 Å². The van der Waals surface area contributed by atoms with Crippen LogP contribution in [-0.2, 0) is 21.0 Å². The summed E-state index contributed by atoms with van der Waals surface area (Å²) in [5.41, 5.74) is -3.66. The van der Waals surface area contributed by atoms with Crippen molar-refractivity contribution in [1.29, 1.82) is 0 Å². The quantitative estimate of drug-likeness (QED) is 0.264. The van der Waals surface area contributed by atoms with E-state index in [2.05, 4.69) is 24.6 Å². The van der Waals surface area contributed by atoms with Gasteiger partial charge in [0.2, 0.25) is 5.78 Å². The molecule has 0 aliphatic heterocycles. The molecule has 1 aliphatic carbocycles. The number of thioether (sulfide) groups is 1. The number of nitrogens with one attached hydrogen (secondary N) is 1. The van der Waals surface area contributed by atoms with E-state index >= 15 is 0 Å². The number of halogens is 4. The lowest BCUT2D eigenvalue weighted by atomic mass is 10.1. The van der Waals surface area contributed by atoms with E-state index in [0.717, 1.165) is 0 Å². The summed E-state index contributed by atoms with van der Waals surface area (Å²) in [5.74, 6) is -0.155. The van der Waals surface area contributed by atoms with Crippen molar-refractivity contribution in [3.8, 4) is 0 Å². The van der Waals surface area contributed by atoms with Crippen molar-refractivity contribution in [2.24, 2.45) is 11.1 Å². The third kappa shape index (κ3) is 7.89. The van der Waals surface area contributed by atoms with Crippen LogP contribution in [0.1, 0.15) is 40.9 Å². The Morgan fingerprint density at radius 2 is 2.08 bits per heavy atom. The highest BCUT2D eigenvalue weighted by molar-refractivity contribution is 8.00. The Kier molecular flexibility index (Phi) is 8.62. The lowest BCUT2D eigenvalue weighted by molar-refractivity contribution is -0.0328. The van der Waals surface area contributed by atoms with Gasteiger partial charge in [-0.05, 0) is 60.7 Å². The lowest BCUT2D eigenvalue weighted by Gasteiger charge is -2.15. The van der Waals surface area contributed by atoms with Crippen LogP contribution in [0.3, 0.4) is 0 Å². The number of hydrogen-bond acceptors (Lipinski definition) is 9. The molecule has 1 aromatic carbocycles. The minimum absolute atomic E-state index is 0.0120. The SMILES string of the molecule is NS(=O)(=O)OCC1CCC(Nc2ncncc2C(=O)c2ccn(Cc3ccc(Cl)c(SC(F)(F)F)c3)n2)C1. The van der Waals surface area contributed by atoms with Crippen LogP contribution in [0.25, 0.3) is 0 Å². The molecule has 0 amide bonds. The number of alkyl halides is 3. The molecule has 2 heterocycles. The summed E-state index contributed by atoms with van der Waals surface area (Å²) in [4.78, 5) is 21.2. The summed E-state index contributed by atoms with van der Waals surface area (Å²) in [6.45, 7) is 0.102. The van der Waals surface area contributed by atoms with E-state index in [9.17, 15) is 26.4 Å². The smallest absolute Gasteiger partial charge is 0.367 e. The summed E-state index contributed by atoms with van der Waals surface area (Å²) in [6, 6.07) is 5.73. The zero-order valence-electron chi connectivity index (χ0n) is 19.6. The molecule has 3 N–H and O–H groups in total. The number of carbonyl (C=O) groups is 1. The maximum absolute atomic E-state index is 13.2. The first-order chi connectivity index (χ1) is 17.9. The number of aromatic nitrogens is 4. The van der Waals surface area contributed by atoms with Crippen molar-refractivity contribution in [2.75, 3.05) is 11.9 Å². The highest BCUT2D eigenvalue weighted by atomic mass is 35.5. The van der Waals surface area contributed by atoms with Gasteiger partial charge in [-0.3, -0.25) is 13.7 Å². The first-order valence-electron chi connectivity index (χ1n) is 11.2. The molecule has 1 saturated carbocycles. The average Bonchev–Trinajstić information content (AvgIpc) is 3.48. The monoisotopic (exact) mass is 590 g/mol. The van der Waals surface area contributed by atoms with Gasteiger partial charge < -0.3 is 5.32 Å². The summed E-state index contributed by atoms with van der Waals surface area (Å²) in [5, 5.41) is 12.4. The third-order valence-electron chi connectivity index (χ3n) is 5.75. The van der Waals surface area contributed by atoms with Gasteiger partial charge in [-0.15, -0.1) is 0 Å². The number of rotatable bonds is 10. The van der Waals surface area contributed by atoms with Crippen molar-refractivity contribution in [1.82, 2.24) is 19.7 Å². The molecule has 2 unspecified atom stereocenters. The van der Waals surface area contributed by atoms with Gasteiger partial charge in [-0.1, -0.05) is 17.7 Å². The Balaban J connectivity index is 1.43. The van der Waals surface area contributed by atoms with E-state index in [1.165, 1.54) is 35.4 Å².